The smallest absolute Gasteiger partial charge is 0.262 e. The van der Waals surface area contributed by atoms with Gasteiger partial charge in [0.05, 0.1) is 0 Å². The van der Waals surface area contributed by atoms with Crippen LogP contribution in [0.5, 0.6) is 5.75 Å². The Hall–Kier alpha value is -3.34. The van der Waals surface area contributed by atoms with E-state index in [1.807, 2.05) is 93.3 Å². The first-order chi connectivity index (χ1) is 15.6. The first-order valence-electron chi connectivity index (χ1n) is 11.4. The highest BCUT2D eigenvalue weighted by molar-refractivity contribution is 6.06. The van der Waals surface area contributed by atoms with Crippen molar-refractivity contribution in [2.24, 2.45) is 0 Å². The van der Waals surface area contributed by atoms with Crippen LogP contribution >= 0.6 is 0 Å². The summed E-state index contributed by atoms with van der Waals surface area (Å²) in [6.07, 6.45) is -0.622. The molecule has 3 aromatic carbocycles. The first-order valence-corrected chi connectivity index (χ1v) is 11.4. The van der Waals surface area contributed by atoms with E-state index in [0.717, 1.165) is 21.9 Å². The Balaban J connectivity index is 2.16. The molecule has 5 heteroatoms. The third-order valence-electron chi connectivity index (χ3n) is 5.73. The normalized spacial score (nSPS) is 12.2. The van der Waals surface area contributed by atoms with Gasteiger partial charge < -0.3 is 14.5 Å². The number of ether oxygens (including phenoxy) is 1. The van der Waals surface area contributed by atoms with Gasteiger partial charge in [-0.3, -0.25) is 9.59 Å². The van der Waals surface area contributed by atoms with Crippen molar-refractivity contribution < 1.29 is 14.3 Å². The van der Waals surface area contributed by atoms with Crippen LogP contribution in [-0.4, -0.2) is 53.9 Å². The van der Waals surface area contributed by atoms with Crippen molar-refractivity contribution in [3.63, 3.8) is 0 Å². The lowest BCUT2D eigenvalue weighted by molar-refractivity contribution is -0.135. The number of nitrogens with zero attached hydrogens (tertiary/aromatic N) is 2. The highest BCUT2D eigenvalue weighted by Crippen LogP contribution is 2.36. The van der Waals surface area contributed by atoms with Gasteiger partial charge in [-0.15, -0.1) is 0 Å². The second-order valence-electron chi connectivity index (χ2n) is 9.13. The molecule has 0 radical (unpaired) electrons. The molecule has 0 bridgehead atoms. The summed E-state index contributed by atoms with van der Waals surface area (Å²) < 4.78 is 6.05. The minimum Gasteiger partial charge on any atom is -0.481 e. The van der Waals surface area contributed by atoms with Crippen molar-refractivity contribution in [1.29, 1.82) is 0 Å². The summed E-state index contributed by atoms with van der Waals surface area (Å²) in [7, 11) is 3.43. The molecule has 0 spiro atoms. The van der Waals surface area contributed by atoms with E-state index in [4.69, 9.17) is 4.74 Å². The Morgan fingerprint density at radius 1 is 0.788 bits per heavy atom. The molecule has 1 unspecified atom stereocenters. The zero-order chi connectivity index (χ0) is 24.3. The molecule has 3 aromatic rings. The van der Waals surface area contributed by atoms with Crippen LogP contribution in [0.3, 0.4) is 0 Å². The molecule has 0 N–H and O–H groups in total. The number of amides is 2. The van der Waals surface area contributed by atoms with Gasteiger partial charge in [-0.05, 0) is 74.7 Å². The van der Waals surface area contributed by atoms with Crippen molar-refractivity contribution in [1.82, 2.24) is 9.80 Å². The van der Waals surface area contributed by atoms with Crippen molar-refractivity contribution in [2.45, 2.75) is 52.8 Å². The van der Waals surface area contributed by atoms with Crippen LogP contribution < -0.4 is 4.74 Å². The molecule has 1 atom stereocenters. The van der Waals surface area contributed by atoms with E-state index in [2.05, 4.69) is 0 Å². The zero-order valence-corrected chi connectivity index (χ0v) is 20.6. The van der Waals surface area contributed by atoms with Crippen LogP contribution in [0.4, 0.5) is 0 Å². The molecular weight excluding hydrogens is 412 g/mol. The standard InChI is InChI=1S/C28H34N2O3/c1-18(2)30(19(3)4)28(32)25-15-11-10-14-24(25)26-17-22(33-20(5)27(31)29(6)7)16-21-12-8-9-13-23(21)26/h8-20H,1-7H3. The number of fused-ring (bicyclic) bond motifs is 1. The van der Waals surface area contributed by atoms with Gasteiger partial charge in [-0.1, -0.05) is 42.5 Å². The second-order valence-corrected chi connectivity index (χ2v) is 9.13. The van der Waals surface area contributed by atoms with E-state index in [1.54, 1.807) is 21.0 Å². The van der Waals surface area contributed by atoms with E-state index < -0.39 is 6.10 Å². The molecule has 174 valence electrons. The maximum absolute atomic E-state index is 13.6. The van der Waals surface area contributed by atoms with E-state index in [0.29, 0.717) is 11.3 Å². The predicted molar refractivity (Wildman–Crippen MR) is 135 cm³/mol. The highest BCUT2D eigenvalue weighted by atomic mass is 16.5. The number of carbonyl (C=O) groups excluding carboxylic acids is 2. The van der Waals surface area contributed by atoms with E-state index >= 15 is 0 Å². The molecule has 5 nitrogen and oxygen atoms in total. The van der Waals surface area contributed by atoms with Gasteiger partial charge in [0.1, 0.15) is 5.75 Å². The SMILES string of the molecule is CC(Oc1cc(-c2ccccc2C(=O)N(C(C)C)C(C)C)c2ccccc2c1)C(=O)N(C)C. The fourth-order valence-electron chi connectivity index (χ4n) is 4.30. The lowest BCUT2D eigenvalue weighted by Crippen LogP contribution is -2.42. The summed E-state index contributed by atoms with van der Waals surface area (Å²) in [6.45, 7) is 9.89. The van der Waals surface area contributed by atoms with E-state index in [1.165, 1.54) is 4.90 Å². The molecule has 0 saturated carbocycles. The summed E-state index contributed by atoms with van der Waals surface area (Å²) in [5, 5.41) is 2.01. The Bertz CT molecular complexity index is 1140. The van der Waals surface area contributed by atoms with Crippen molar-refractivity contribution >= 4 is 22.6 Å². The topological polar surface area (TPSA) is 49.9 Å². The highest BCUT2D eigenvalue weighted by Gasteiger charge is 2.25. The second kappa shape index (κ2) is 10.1. The fourth-order valence-corrected chi connectivity index (χ4v) is 4.30. The molecule has 3 rings (SSSR count). The van der Waals surface area contributed by atoms with Crippen LogP contribution in [0, 0.1) is 0 Å². The Morgan fingerprint density at radius 3 is 2.03 bits per heavy atom. The third kappa shape index (κ3) is 5.19. The van der Waals surface area contributed by atoms with Crippen LogP contribution in [0.15, 0.2) is 60.7 Å². The summed E-state index contributed by atoms with van der Waals surface area (Å²) >= 11 is 0. The molecule has 0 aliphatic carbocycles. The molecule has 0 saturated heterocycles. The summed E-state index contributed by atoms with van der Waals surface area (Å²) in [5.41, 5.74) is 2.41. The van der Waals surface area contributed by atoms with Gasteiger partial charge >= 0.3 is 0 Å². The number of benzene rings is 3. The zero-order valence-electron chi connectivity index (χ0n) is 20.6. The minimum atomic E-state index is -0.622. The number of carbonyl (C=O) groups is 2. The maximum atomic E-state index is 13.6. The summed E-state index contributed by atoms with van der Waals surface area (Å²) in [5.74, 6) is 0.491. The quantitative estimate of drug-likeness (QED) is 0.473. The molecule has 0 heterocycles. The number of hydrogen-bond acceptors (Lipinski definition) is 3. The molecular formula is C28H34N2O3. The lowest BCUT2D eigenvalue weighted by Gasteiger charge is -2.31. The average molecular weight is 447 g/mol. The molecule has 0 fully saturated rings. The van der Waals surface area contributed by atoms with Gasteiger partial charge in [-0.25, -0.2) is 0 Å². The van der Waals surface area contributed by atoms with Crippen molar-refractivity contribution in [2.75, 3.05) is 14.1 Å². The van der Waals surface area contributed by atoms with Crippen molar-refractivity contribution in [3.05, 3.63) is 66.2 Å². The van der Waals surface area contributed by atoms with Crippen molar-refractivity contribution in [3.8, 4) is 16.9 Å². The average Bonchev–Trinajstić information content (AvgIpc) is 2.77. The molecule has 0 aliphatic rings. The van der Waals surface area contributed by atoms with Crippen LogP contribution in [0.1, 0.15) is 45.0 Å². The summed E-state index contributed by atoms with van der Waals surface area (Å²) in [6, 6.07) is 19.8. The lowest BCUT2D eigenvalue weighted by atomic mass is 9.93. The predicted octanol–water partition coefficient (Wildman–Crippen LogP) is 5.62. The van der Waals surface area contributed by atoms with E-state index in [9.17, 15) is 9.59 Å². The van der Waals surface area contributed by atoms with Crippen LogP contribution in [0.2, 0.25) is 0 Å². The largest absolute Gasteiger partial charge is 0.481 e. The molecule has 0 aliphatic heterocycles. The summed E-state index contributed by atoms with van der Waals surface area (Å²) in [4.78, 5) is 29.4. The van der Waals surface area contributed by atoms with E-state index in [-0.39, 0.29) is 23.9 Å². The molecule has 0 aromatic heterocycles. The fraction of sp³-hybridized carbons (Fsp3) is 0.357. The van der Waals surface area contributed by atoms with Gasteiger partial charge in [-0.2, -0.15) is 0 Å². The van der Waals surface area contributed by atoms with Crippen LogP contribution in [0.25, 0.3) is 21.9 Å². The van der Waals surface area contributed by atoms with Gasteiger partial charge in [0.15, 0.2) is 6.10 Å². The molecule has 2 amide bonds. The number of rotatable bonds is 7. The molecule has 33 heavy (non-hydrogen) atoms. The monoisotopic (exact) mass is 446 g/mol. The van der Waals surface area contributed by atoms with Gasteiger partial charge in [0, 0.05) is 31.7 Å². The Kier molecular flexibility index (Phi) is 7.42. The van der Waals surface area contributed by atoms with Gasteiger partial charge in [0.25, 0.3) is 11.8 Å². The first kappa shape index (κ1) is 24.3. The minimum absolute atomic E-state index is 0.00200. The Labute approximate surface area is 197 Å². The number of hydrogen-bond donors (Lipinski definition) is 0. The van der Waals surface area contributed by atoms with Crippen LogP contribution in [-0.2, 0) is 4.79 Å². The third-order valence-corrected chi connectivity index (χ3v) is 5.73. The maximum Gasteiger partial charge on any atom is 0.262 e. The number of likely N-dealkylation sites (N-methyl/N-ethyl adjacent to an activating group) is 1. The van der Waals surface area contributed by atoms with Gasteiger partial charge in [0.2, 0.25) is 0 Å². The Morgan fingerprint density at radius 2 is 1.39 bits per heavy atom.